The maximum absolute atomic E-state index is 8.33. The van der Waals surface area contributed by atoms with E-state index in [4.69, 9.17) is 35.7 Å². The van der Waals surface area contributed by atoms with Crippen molar-refractivity contribution < 1.29 is 98.2 Å². The molecule has 10 heteroatoms. The van der Waals surface area contributed by atoms with Gasteiger partial charge >= 0.3 is 68.2 Å². The summed E-state index contributed by atoms with van der Waals surface area (Å²) in [5.74, 6) is 0. The molecule has 0 aromatic rings. The summed E-state index contributed by atoms with van der Waals surface area (Å²) in [5, 5.41) is 33.3. The van der Waals surface area contributed by atoms with Gasteiger partial charge in [-0.2, -0.15) is 0 Å². The van der Waals surface area contributed by atoms with Crippen LogP contribution in [0, 0.1) is 0 Å². The minimum absolute atomic E-state index is 0. The Balaban J connectivity index is -0.0000000489. The summed E-state index contributed by atoms with van der Waals surface area (Å²) in [4.78, 5) is 18.9. The van der Waals surface area contributed by atoms with Gasteiger partial charge in [0.15, 0.2) is 0 Å². The van der Waals surface area contributed by atoms with Crippen LogP contribution in [0.1, 0.15) is 13.8 Å². The van der Waals surface area contributed by atoms with Crippen molar-refractivity contribution in [3.05, 3.63) is 5.73 Å². The van der Waals surface area contributed by atoms with Crippen LogP contribution in [-0.4, -0.2) is 43.4 Å². The topological polar surface area (TPSA) is 153 Å². The molecule has 0 aromatic carbocycles. The van der Waals surface area contributed by atoms with E-state index in [0.717, 1.165) is 19.6 Å². The minimum Gasteiger partial charge on any atom is -0.676 e. The van der Waals surface area contributed by atoms with Crippen LogP contribution in [-0.2, 0) is 16.8 Å². The van der Waals surface area contributed by atoms with Crippen molar-refractivity contribution in [3.8, 4) is 0 Å². The fraction of sp³-hybridized carbons (Fsp3) is 0.750. The first-order valence-corrected chi connectivity index (χ1v) is 4.44. The molecule has 104 valence electrons. The van der Waals surface area contributed by atoms with Crippen molar-refractivity contribution in [3.63, 3.8) is 0 Å². The molecular formula is C8H15CoKN2O6-. The van der Waals surface area contributed by atoms with Gasteiger partial charge in [0.1, 0.15) is 0 Å². The van der Waals surface area contributed by atoms with Gasteiger partial charge in [-0.15, -0.1) is 6.54 Å². The average Bonchev–Trinajstić information content (AvgIpc) is 2.12. The van der Waals surface area contributed by atoms with E-state index in [1.165, 1.54) is 0 Å². The molecule has 0 bridgehead atoms. The van der Waals surface area contributed by atoms with E-state index < -0.39 is 12.3 Å². The number of carboxylic acid groups (broad SMARTS) is 4. The van der Waals surface area contributed by atoms with E-state index in [1.807, 2.05) is 0 Å². The second-order valence-corrected chi connectivity index (χ2v) is 2.28. The number of hydrogen-bond acceptors (Lipinski definition) is 7. The molecule has 0 atom stereocenters. The molecule has 0 aliphatic heterocycles. The zero-order valence-electron chi connectivity index (χ0n) is 10.6. The molecule has 0 aromatic heterocycles. The second-order valence-electron chi connectivity index (χ2n) is 2.28. The van der Waals surface area contributed by atoms with E-state index in [0.29, 0.717) is 6.54 Å². The summed E-state index contributed by atoms with van der Waals surface area (Å²) in [7, 11) is 0. The van der Waals surface area contributed by atoms with E-state index in [-0.39, 0.29) is 68.2 Å². The molecule has 1 N–H and O–H groups in total. The first kappa shape index (κ1) is 31.2. The third kappa shape index (κ3) is 69.9. The van der Waals surface area contributed by atoms with Crippen LogP contribution in [0.2, 0.25) is 0 Å². The Morgan fingerprint density at radius 1 is 1.00 bits per heavy atom. The molecule has 18 heavy (non-hydrogen) atoms. The summed E-state index contributed by atoms with van der Waals surface area (Å²) < 4.78 is 0. The van der Waals surface area contributed by atoms with Gasteiger partial charge < -0.3 is 40.6 Å². The molecule has 0 aliphatic rings. The molecule has 8 nitrogen and oxygen atoms in total. The Labute approximate surface area is 159 Å². The van der Waals surface area contributed by atoms with E-state index in [2.05, 4.69) is 18.7 Å². The van der Waals surface area contributed by atoms with Crippen LogP contribution >= 0.6 is 0 Å². The molecule has 0 heterocycles. The Kier molecular flexibility index (Phi) is 45.4. The first-order chi connectivity index (χ1) is 7.31. The third-order valence-corrected chi connectivity index (χ3v) is 1.32. The number of rotatable bonds is 4. The average molecular weight is 333 g/mol. The van der Waals surface area contributed by atoms with Crippen LogP contribution in [0.15, 0.2) is 0 Å². The van der Waals surface area contributed by atoms with Gasteiger partial charge in [-0.3, -0.25) is 0 Å². The summed E-state index contributed by atoms with van der Waals surface area (Å²) in [6, 6.07) is 0. The van der Waals surface area contributed by atoms with Crippen LogP contribution in [0.4, 0.5) is 9.59 Å². The van der Waals surface area contributed by atoms with Crippen LogP contribution in [0.3, 0.4) is 0 Å². The van der Waals surface area contributed by atoms with Crippen molar-refractivity contribution >= 4 is 12.3 Å². The maximum atomic E-state index is 8.33. The molecule has 0 rings (SSSR count). The number of likely N-dealkylation sites (N-methyl/N-ethyl adjacent to an activating group) is 1. The van der Waals surface area contributed by atoms with Crippen LogP contribution in [0.25, 0.3) is 5.73 Å². The molecule has 0 amide bonds. The number of nitrogens with one attached hydrogen (secondary N) is 1. The predicted molar refractivity (Wildman–Crippen MR) is 47.8 cm³/mol. The summed E-state index contributed by atoms with van der Waals surface area (Å²) >= 11 is 0. The minimum atomic E-state index is -2.33. The molecule has 0 aliphatic carbocycles. The van der Waals surface area contributed by atoms with Gasteiger partial charge in [0, 0.05) is 0 Å². The maximum Gasteiger partial charge on any atom is 3.00 e. The van der Waals surface area contributed by atoms with Gasteiger partial charge in [-0.1, -0.05) is 13.8 Å². The Morgan fingerprint density at radius 2 is 1.22 bits per heavy atom. The van der Waals surface area contributed by atoms with Crippen molar-refractivity contribution in [1.29, 1.82) is 0 Å². The van der Waals surface area contributed by atoms with Gasteiger partial charge in [0.2, 0.25) is 0 Å². The molecule has 0 saturated carbocycles. The number of carbonyl (C=O) groups excluding carboxylic acids is 2. The fourth-order valence-corrected chi connectivity index (χ4v) is 0.698. The first-order valence-electron chi connectivity index (χ1n) is 4.44. The SMILES string of the molecule is CCN(CC)CC[NH-].O=C([O-])[O-].O=C([O-])[O-].[Co+3].[K+]. The number of carbonyl (C=O) groups is 2. The Hall–Kier alpha value is 0.603. The van der Waals surface area contributed by atoms with Gasteiger partial charge in [-0.05, 0) is 31.9 Å². The fourth-order valence-electron chi connectivity index (χ4n) is 0.698. The molecule has 0 saturated heterocycles. The normalized spacial score (nSPS) is 7.33. The number of hydrogen-bond donors (Lipinski definition) is 0. The van der Waals surface area contributed by atoms with E-state index in [9.17, 15) is 0 Å². The van der Waals surface area contributed by atoms with Crippen molar-refractivity contribution in [2.75, 3.05) is 26.2 Å². The van der Waals surface area contributed by atoms with Crippen LogP contribution < -0.4 is 71.8 Å². The zero-order valence-corrected chi connectivity index (χ0v) is 14.7. The zero-order chi connectivity index (χ0) is 13.6. The van der Waals surface area contributed by atoms with Crippen LogP contribution in [0.5, 0.6) is 0 Å². The monoisotopic (exact) mass is 333 g/mol. The molecule has 0 spiro atoms. The second kappa shape index (κ2) is 26.2. The van der Waals surface area contributed by atoms with Gasteiger partial charge in [-0.25, -0.2) is 0 Å². The molecule has 0 unspecified atom stereocenters. The Bertz CT molecular complexity index is 163. The largest absolute Gasteiger partial charge is 3.00 e. The standard InChI is InChI=1S/C6H15N2.2CH2O3.Co.K/c1-3-8(4-2)6-5-7;2*2-1(3)4;;/h7H,3-6H2,1-2H3;2*(H2,2,3,4);;/q-1;;;+3;+1/p-4. The Morgan fingerprint density at radius 3 is 1.28 bits per heavy atom. The van der Waals surface area contributed by atoms with Crippen molar-refractivity contribution in [2.24, 2.45) is 0 Å². The molecule has 0 radical (unpaired) electrons. The third-order valence-electron chi connectivity index (χ3n) is 1.32. The predicted octanol–water partition coefficient (Wildman–Crippen LogP) is -6.51. The van der Waals surface area contributed by atoms with Crippen molar-refractivity contribution in [2.45, 2.75) is 13.8 Å². The smallest absolute Gasteiger partial charge is 0.676 e. The quantitative estimate of drug-likeness (QED) is 0.463. The van der Waals surface area contributed by atoms with E-state index in [1.54, 1.807) is 0 Å². The van der Waals surface area contributed by atoms with Gasteiger partial charge in [0.05, 0.1) is 0 Å². The van der Waals surface area contributed by atoms with E-state index >= 15 is 0 Å². The summed E-state index contributed by atoms with van der Waals surface area (Å²) in [5.41, 5.74) is 6.90. The van der Waals surface area contributed by atoms with Crippen molar-refractivity contribution in [1.82, 2.24) is 4.90 Å². The summed E-state index contributed by atoms with van der Waals surface area (Å²) in [6.07, 6.45) is -4.67. The molecule has 0 fully saturated rings. The summed E-state index contributed by atoms with van der Waals surface area (Å²) in [6.45, 7) is 7.86. The number of nitrogens with zero attached hydrogens (tertiary/aromatic N) is 1. The molecular weight excluding hydrogens is 318 g/mol. The van der Waals surface area contributed by atoms with Gasteiger partial charge in [0.25, 0.3) is 0 Å².